The van der Waals surface area contributed by atoms with Crippen LogP contribution < -0.4 is 16.4 Å². The number of nitrogens with zero attached hydrogens (tertiary/aromatic N) is 1. The van der Waals surface area contributed by atoms with E-state index in [1.807, 2.05) is 6.07 Å². The molecule has 1 saturated carbocycles. The monoisotopic (exact) mass is 220 g/mol. The second-order valence-corrected chi connectivity index (χ2v) is 3.99. The Balaban J connectivity index is 1.68. The second-order valence-electron chi connectivity index (χ2n) is 3.99. The maximum absolute atomic E-state index is 11.4. The van der Waals surface area contributed by atoms with Gasteiger partial charge in [-0.15, -0.1) is 0 Å². The molecule has 0 aliphatic heterocycles. The Morgan fingerprint density at radius 3 is 3.06 bits per heavy atom. The summed E-state index contributed by atoms with van der Waals surface area (Å²) in [6.45, 7) is 0.613. The van der Waals surface area contributed by atoms with Gasteiger partial charge >= 0.3 is 0 Å². The van der Waals surface area contributed by atoms with Gasteiger partial charge in [0.25, 0.3) is 0 Å². The number of pyridine rings is 1. The molecule has 1 aromatic rings. The maximum atomic E-state index is 11.4. The molecule has 0 spiro atoms. The zero-order chi connectivity index (χ0) is 11.4. The predicted molar refractivity (Wildman–Crippen MR) is 62.9 cm³/mol. The van der Waals surface area contributed by atoms with Crippen LogP contribution >= 0.6 is 0 Å². The van der Waals surface area contributed by atoms with Gasteiger partial charge in [-0.25, -0.2) is 4.98 Å². The third-order valence-electron chi connectivity index (χ3n) is 2.40. The molecule has 1 aromatic heterocycles. The molecule has 2 rings (SSSR count). The quantitative estimate of drug-likeness (QED) is 0.684. The zero-order valence-electron chi connectivity index (χ0n) is 9.07. The summed E-state index contributed by atoms with van der Waals surface area (Å²) in [7, 11) is 0. The highest BCUT2D eigenvalue weighted by Crippen LogP contribution is 2.18. The van der Waals surface area contributed by atoms with Gasteiger partial charge in [0.2, 0.25) is 5.91 Å². The molecular weight excluding hydrogens is 204 g/mol. The van der Waals surface area contributed by atoms with Crippen molar-refractivity contribution in [3.8, 4) is 0 Å². The van der Waals surface area contributed by atoms with Gasteiger partial charge in [-0.05, 0) is 18.9 Å². The van der Waals surface area contributed by atoms with Crippen molar-refractivity contribution in [1.29, 1.82) is 0 Å². The third kappa shape index (κ3) is 3.42. The van der Waals surface area contributed by atoms with Crippen molar-refractivity contribution < 1.29 is 4.79 Å². The molecule has 0 saturated heterocycles. The molecule has 1 aliphatic rings. The first-order valence-corrected chi connectivity index (χ1v) is 5.49. The highest BCUT2D eigenvalue weighted by molar-refractivity contribution is 5.77. The van der Waals surface area contributed by atoms with Gasteiger partial charge in [-0.3, -0.25) is 4.79 Å². The number of nitrogen functional groups attached to an aromatic ring is 1. The van der Waals surface area contributed by atoms with Crippen molar-refractivity contribution in [2.45, 2.75) is 25.3 Å². The predicted octanol–water partition coefficient (Wildman–Crippen LogP) is 0.744. The lowest BCUT2D eigenvalue weighted by Gasteiger charge is -2.06. The zero-order valence-corrected chi connectivity index (χ0v) is 9.07. The number of aromatic nitrogens is 1. The minimum absolute atomic E-state index is 0.108. The Hall–Kier alpha value is -1.78. The largest absolute Gasteiger partial charge is 0.384 e. The third-order valence-corrected chi connectivity index (χ3v) is 2.40. The van der Waals surface area contributed by atoms with Gasteiger partial charge in [0, 0.05) is 37.0 Å². The molecule has 4 N–H and O–H groups in total. The van der Waals surface area contributed by atoms with Gasteiger partial charge in [0.05, 0.1) is 0 Å². The first kappa shape index (κ1) is 10.7. The molecule has 16 heavy (non-hydrogen) atoms. The van der Waals surface area contributed by atoms with Crippen LogP contribution in [-0.2, 0) is 4.79 Å². The van der Waals surface area contributed by atoms with Crippen LogP contribution in [0.3, 0.4) is 0 Å². The summed E-state index contributed by atoms with van der Waals surface area (Å²) in [6.07, 6.45) is 4.38. The lowest BCUT2D eigenvalue weighted by Crippen LogP contribution is -2.27. The fourth-order valence-electron chi connectivity index (χ4n) is 1.41. The first-order chi connectivity index (χ1) is 7.74. The topological polar surface area (TPSA) is 80.0 Å². The number of hydrogen-bond donors (Lipinski definition) is 3. The molecule has 0 radical (unpaired) electrons. The van der Waals surface area contributed by atoms with Crippen molar-refractivity contribution in [2.75, 3.05) is 17.6 Å². The maximum Gasteiger partial charge on any atom is 0.221 e. The van der Waals surface area contributed by atoms with Crippen molar-refractivity contribution in [1.82, 2.24) is 10.3 Å². The molecular formula is C11H16N4O. The van der Waals surface area contributed by atoms with Crippen molar-refractivity contribution in [3.05, 3.63) is 18.3 Å². The summed E-state index contributed by atoms with van der Waals surface area (Å²) in [6, 6.07) is 4.01. The highest BCUT2D eigenvalue weighted by Gasteiger charge is 2.22. The van der Waals surface area contributed by atoms with Gasteiger partial charge in [0.15, 0.2) is 0 Å². The summed E-state index contributed by atoms with van der Waals surface area (Å²) >= 11 is 0. The number of hydrogen-bond acceptors (Lipinski definition) is 4. The number of carbonyl (C=O) groups excluding carboxylic acids is 1. The van der Waals surface area contributed by atoms with Gasteiger partial charge < -0.3 is 16.4 Å². The van der Waals surface area contributed by atoms with E-state index in [1.165, 1.54) is 0 Å². The number of nitrogens with two attached hydrogens (primary N) is 1. The van der Waals surface area contributed by atoms with E-state index < -0.39 is 0 Å². The molecule has 5 heteroatoms. The van der Waals surface area contributed by atoms with E-state index in [0.717, 1.165) is 18.5 Å². The normalized spacial score (nSPS) is 14.5. The Labute approximate surface area is 94.4 Å². The average molecular weight is 220 g/mol. The van der Waals surface area contributed by atoms with Crippen LogP contribution in [0.4, 0.5) is 11.5 Å². The Morgan fingerprint density at radius 1 is 1.56 bits per heavy atom. The van der Waals surface area contributed by atoms with Crippen LogP contribution in [0.2, 0.25) is 0 Å². The summed E-state index contributed by atoms with van der Waals surface area (Å²) < 4.78 is 0. The van der Waals surface area contributed by atoms with E-state index in [9.17, 15) is 4.79 Å². The minimum Gasteiger partial charge on any atom is -0.384 e. The highest BCUT2D eigenvalue weighted by atomic mass is 16.1. The first-order valence-electron chi connectivity index (χ1n) is 5.49. The molecule has 1 fully saturated rings. The smallest absolute Gasteiger partial charge is 0.221 e. The molecule has 1 aliphatic carbocycles. The molecule has 0 aromatic carbocycles. The van der Waals surface area contributed by atoms with Gasteiger partial charge in [-0.1, -0.05) is 0 Å². The van der Waals surface area contributed by atoms with Crippen molar-refractivity contribution in [2.24, 2.45) is 0 Å². The molecule has 1 amide bonds. The van der Waals surface area contributed by atoms with E-state index in [-0.39, 0.29) is 5.91 Å². The lowest BCUT2D eigenvalue weighted by molar-refractivity contribution is -0.120. The van der Waals surface area contributed by atoms with E-state index in [4.69, 9.17) is 5.73 Å². The summed E-state index contributed by atoms with van der Waals surface area (Å²) in [5.41, 5.74) is 6.43. The summed E-state index contributed by atoms with van der Waals surface area (Å²) in [4.78, 5) is 15.3. The number of nitrogens with one attached hydrogen (secondary N) is 2. The Kier molecular flexibility index (Phi) is 3.24. The molecule has 1 heterocycles. The fourth-order valence-corrected chi connectivity index (χ4v) is 1.41. The second kappa shape index (κ2) is 4.83. The molecule has 0 bridgehead atoms. The molecule has 0 unspecified atom stereocenters. The number of amides is 1. The van der Waals surface area contributed by atoms with Crippen LogP contribution in [0.15, 0.2) is 18.3 Å². The summed E-state index contributed by atoms with van der Waals surface area (Å²) in [5, 5.41) is 6.06. The standard InChI is InChI=1S/C11H16N4O/c12-10-7-9(3-5-14-10)13-6-4-11(16)15-8-1-2-8/h3,5,7-8H,1-2,4,6H2,(H,15,16)(H3,12,13,14). The van der Waals surface area contributed by atoms with E-state index in [2.05, 4.69) is 15.6 Å². The number of rotatable bonds is 5. The van der Waals surface area contributed by atoms with Crippen LogP contribution in [0.5, 0.6) is 0 Å². The lowest BCUT2D eigenvalue weighted by atomic mass is 10.3. The van der Waals surface area contributed by atoms with Crippen LogP contribution in [0.1, 0.15) is 19.3 Å². The Morgan fingerprint density at radius 2 is 2.38 bits per heavy atom. The van der Waals surface area contributed by atoms with E-state index in [0.29, 0.717) is 24.8 Å². The van der Waals surface area contributed by atoms with Crippen LogP contribution in [-0.4, -0.2) is 23.5 Å². The molecule has 0 atom stereocenters. The number of anilines is 2. The Bertz CT molecular complexity index is 376. The fraction of sp³-hybridized carbons (Fsp3) is 0.455. The van der Waals surface area contributed by atoms with Crippen LogP contribution in [0, 0.1) is 0 Å². The van der Waals surface area contributed by atoms with E-state index >= 15 is 0 Å². The SMILES string of the molecule is Nc1cc(NCCC(=O)NC2CC2)ccn1. The van der Waals surface area contributed by atoms with Gasteiger partial charge in [-0.2, -0.15) is 0 Å². The number of carbonyl (C=O) groups is 1. The van der Waals surface area contributed by atoms with E-state index in [1.54, 1.807) is 12.3 Å². The average Bonchev–Trinajstić information content (AvgIpc) is 3.02. The molecule has 86 valence electrons. The molecule has 5 nitrogen and oxygen atoms in total. The van der Waals surface area contributed by atoms with Crippen molar-refractivity contribution >= 4 is 17.4 Å². The van der Waals surface area contributed by atoms with Gasteiger partial charge in [0.1, 0.15) is 5.82 Å². The van der Waals surface area contributed by atoms with Crippen LogP contribution in [0.25, 0.3) is 0 Å². The minimum atomic E-state index is 0.108. The van der Waals surface area contributed by atoms with Crippen molar-refractivity contribution in [3.63, 3.8) is 0 Å². The summed E-state index contributed by atoms with van der Waals surface area (Å²) in [5.74, 6) is 0.587.